The maximum atomic E-state index is 11.2. The van der Waals surface area contributed by atoms with E-state index >= 15 is 0 Å². The molecule has 0 spiro atoms. The van der Waals surface area contributed by atoms with Crippen LogP contribution in [0.2, 0.25) is 0 Å². The second-order valence-corrected chi connectivity index (χ2v) is 3.21. The number of aliphatic hydroxyl groups is 1. The van der Waals surface area contributed by atoms with Gasteiger partial charge in [-0.1, -0.05) is 30.3 Å². The predicted octanol–water partition coefficient (Wildman–Crippen LogP) is 1.69. The van der Waals surface area contributed by atoms with E-state index in [1.807, 2.05) is 18.2 Å². The van der Waals surface area contributed by atoms with Gasteiger partial charge in [-0.2, -0.15) is 0 Å². The van der Waals surface area contributed by atoms with Crippen LogP contribution in [0.15, 0.2) is 52.7 Å². The van der Waals surface area contributed by atoms with Crippen LogP contribution in [0.25, 0.3) is 6.08 Å². The number of hydrogen-bond acceptors (Lipinski definition) is 4. The highest BCUT2D eigenvalue weighted by molar-refractivity contribution is 6.00. The van der Waals surface area contributed by atoms with Gasteiger partial charge in [0.1, 0.15) is 0 Å². The van der Waals surface area contributed by atoms with Crippen molar-refractivity contribution in [1.82, 2.24) is 5.32 Å². The number of rotatable bonds is 2. The van der Waals surface area contributed by atoms with Gasteiger partial charge in [0, 0.05) is 0 Å². The fourth-order valence-corrected chi connectivity index (χ4v) is 1.38. The molecule has 1 aliphatic rings. The van der Waals surface area contributed by atoms with E-state index in [2.05, 4.69) is 10.5 Å². The second kappa shape index (κ2) is 3.98. The summed E-state index contributed by atoms with van der Waals surface area (Å²) >= 11 is 0. The molecule has 16 heavy (non-hydrogen) atoms. The molecule has 1 amide bonds. The zero-order chi connectivity index (χ0) is 11.5. The van der Waals surface area contributed by atoms with Crippen molar-refractivity contribution in [1.29, 1.82) is 0 Å². The minimum atomic E-state index is -0.685. The SMILES string of the molecule is O=NC1=C(O)C(=Cc2ccccc2)NC1=O. The molecule has 5 nitrogen and oxygen atoms in total. The van der Waals surface area contributed by atoms with Crippen molar-refractivity contribution in [3.05, 3.63) is 58.0 Å². The number of nitrogens with one attached hydrogen (secondary N) is 1. The summed E-state index contributed by atoms with van der Waals surface area (Å²) in [5, 5.41) is 14.3. The lowest BCUT2D eigenvalue weighted by Gasteiger charge is -1.98. The Hall–Kier alpha value is -2.43. The second-order valence-electron chi connectivity index (χ2n) is 3.21. The highest BCUT2D eigenvalue weighted by atomic mass is 16.3. The molecule has 1 heterocycles. The Labute approximate surface area is 91.1 Å². The first-order valence-corrected chi connectivity index (χ1v) is 4.57. The van der Waals surface area contributed by atoms with Crippen LogP contribution in [0, 0.1) is 4.91 Å². The minimum absolute atomic E-state index is 0.186. The standard InChI is InChI=1S/C11H8N2O3/c14-10-8(12-11(15)9(10)13-16)6-7-4-2-1-3-5-7/h1-6,14H,(H,12,15). The number of carbonyl (C=O) groups is 1. The van der Waals surface area contributed by atoms with Crippen LogP contribution in [0.1, 0.15) is 5.56 Å². The van der Waals surface area contributed by atoms with Gasteiger partial charge in [-0.25, -0.2) is 0 Å². The number of aliphatic hydroxyl groups excluding tert-OH is 1. The Kier molecular flexibility index (Phi) is 2.51. The van der Waals surface area contributed by atoms with Crippen molar-refractivity contribution >= 4 is 12.0 Å². The lowest BCUT2D eigenvalue weighted by atomic mass is 10.2. The largest absolute Gasteiger partial charge is 0.504 e. The molecule has 0 aromatic heterocycles. The quantitative estimate of drug-likeness (QED) is 0.738. The lowest BCUT2D eigenvalue weighted by molar-refractivity contribution is -0.116. The molecule has 0 bridgehead atoms. The van der Waals surface area contributed by atoms with Gasteiger partial charge in [-0.15, -0.1) is 4.91 Å². The Morgan fingerprint density at radius 2 is 1.94 bits per heavy atom. The van der Waals surface area contributed by atoms with Crippen molar-refractivity contribution < 1.29 is 9.90 Å². The molecule has 0 saturated heterocycles. The third-order valence-corrected chi connectivity index (χ3v) is 2.14. The predicted molar refractivity (Wildman–Crippen MR) is 58.0 cm³/mol. The maximum absolute atomic E-state index is 11.2. The van der Waals surface area contributed by atoms with E-state index in [-0.39, 0.29) is 5.70 Å². The van der Waals surface area contributed by atoms with Gasteiger partial charge in [-0.3, -0.25) is 4.79 Å². The smallest absolute Gasteiger partial charge is 0.281 e. The number of nitrogens with zero attached hydrogens (tertiary/aromatic N) is 1. The van der Waals surface area contributed by atoms with E-state index in [0.717, 1.165) is 5.56 Å². The first-order valence-electron chi connectivity index (χ1n) is 4.57. The van der Waals surface area contributed by atoms with E-state index in [9.17, 15) is 14.8 Å². The maximum Gasteiger partial charge on any atom is 0.281 e. The molecule has 0 fully saturated rings. The van der Waals surface area contributed by atoms with Crippen molar-refractivity contribution in [2.75, 3.05) is 0 Å². The zero-order valence-corrected chi connectivity index (χ0v) is 8.18. The summed E-state index contributed by atoms with van der Waals surface area (Å²) in [6.07, 6.45) is 1.56. The van der Waals surface area contributed by atoms with Gasteiger partial charge in [-0.05, 0) is 16.8 Å². The van der Waals surface area contributed by atoms with E-state index in [0.29, 0.717) is 0 Å². The van der Waals surface area contributed by atoms with E-state index in [4.69, 9.17) is 0 Å². The molecular formula is C11H8N2O3. The van der Waals surface area contributed by atoms with Crippen LogP contribution in [-0.4, -0.2) is 11.0 Å². The molecular weight excluding hydrogens is 208 g/mol. The third-order valence-electron chi connectivity index (χ3n) is 2.14. The van der Waals surface area contributed by atoms with Gasteiger partial charge in [0.05, 0.1) is 5.70 Å². The molecule has 1 aliphatic heterocycles. The Balaban J connectivity index is 2.39. The Morgan fingerprint density at radius 1 is 1.25 bits per heavy atom. The summed E-state index contributed by atoms with van der Waals surface area (Å²) in [5.41, 5.74) is 0.504. The molecule has 0 unspecified atom stereocenters. The van der Waals surface area contributed by atoms with Crippen molar-refractivity contribution in [3.8, 4) is 0 Å². The number of nitroso groups, excluding NO2 is 1. The highest BCUT2D eigenvalue weighted by Gasteiger charge is 2.28. The Morgan fingerprint density at radius 3 is 2.50 bits per heavy atom. The molecule has 0 atom stereocenters. The molecule has 0 saturated carbocycles. The van der Waals surface area contributed by atoms with Crippen LogP contribution in [0.3, 0.4) is 0 Å². The summed E-state index contributed by atoms with van der Waals surface area (Å²) in [6.45, 7) is 0. The molecule has 2 N–H and O–H groups in total. The Bertz CT molecular complexity index is 503. The van der Waals surface area contributed by atoms with Crippen LogP contribution < -0.4 is 5.32 Å². The zero-order valence-electron chi connectivity index (χ0n) is 8.18. The molecule has 80 valence electrons. The molecule has 0 radical (unpaired) electrons. The summed E-state index contributed by atoms with van der Waals surface area (Å²) < 4.78 is 0. The van der Waals surface area contributed by atoms with E-state index < -0.39 is 17.4 Å². The first kappa shape index (κ1) is 10.1. The average Bonchev–Trinajstić information content (AvgIpc) is 2.55. The lowest BCUT2D eigenvalue weighted by Crippen LogP contribution is -2.15. The normalized spacial score (nSPS) is 17.8. The first-order chi connectivity index (χ1) is 7.72. The van der Waals surface area contributed by atoms with E-state index in [1.54, 1.807) is 18.2 Å². The summed E-state index contributed by atoms with van der Waals surface area (Å²) in [7, 11) is 0. The van der Waals surface area contributed by atoms with Gasteiger partial charge in [0.15, 0.2) is 5.76 Å². The molecule has 5 heteroatoms. The summed E-state index contributed by atoms with van der Waals surface area (Å²) in [5.74, 6) is -1.10. The molecule has 1 aromatic rings. The van der Waals surface area contributed by atoms with Crippen LogP contribution in [0.5, 0.6) is 0 Å². The highest BCUT2D eigenvalue weighted by Crippen LogP contribution is 2.20. The fourth-order valence-electron chi connectivity index (χ4n) is 1.38. The van der Waals surface area contributed by atoms with Crippen LogP contribution in [-0.2, 0) is 4.79 Å². The van der Waals surface area contributed by atoms with Crippen LogP contribution >= 0.6 is 0 Å². The number of benzene rings is 1. The van der Waals surface area contributed by atoms with Crippen LogP contribution in [0.4, 0.5) is 0 Å². The van der Waals surface area contributed by atoms with Gasteiger partial charge >= 0.3 is 0 Å². The van der Waals surface area contributed by atoms with Crippen molar-refractivity contribution in [2.45, 2.75) is 0 Å². The minimum Gasteiger partial charge on any atom is -0.504 e. The fraction of sp³-hybridized carbons (Fsp3) is 0. The van der Waals surface area contributed by atoms with Gasteiger partial charge < -0.3 is 10.4 Å². The molecule has 2 rings (SSSR count). The topological polar surface area (TPSA) is 78.8 Å². The van der Waals surface area contributed by atoms with Gasteiger partial charge in [0.25, 0.3) is 5.91 Å². The van der Waals surface area contributed by atoms with Crippen molar-refractivity contribution in [2.24, 2.45) is 5.18 Å². The monoisotopic (exact) mass is 216 g/mol. The third kappa shape index (κ3) is 1.70. The van der Waals surface area contributed by atoms with E-state index in [1.165, 1.54) is 0 Å². The average molecular weight is 216 g/mol. The number of carbonyl (C=O) groups excluding carboxylic acids is 1. The van der Waals surface area contributed by atoms with Crippen molar-refractivity contribution in [3.63, 3.8) is 0 Å². The molecule has 0 aliphatic carbocycles. The molecule has 1 aromatic carbocycles. The number of hydrogen-bond donors (Lipinski definition) is 2. The summed E-state index contributed by atoms with van der Waals surface area (Å²) in [4.78, 5) is 21.4. The van der Waals surface area contributed by atoms with Gasteiger partial charge in [0.2, 0.25) is 5.70 Å². The summed E-state index contributed by atoms with van der Waals surface area (Å²) in [6, 6.07) is 9.10. The number of amides is 1.